The van der Waals surface area contributed by atoms with E-state index >= 15 is 0 Å². The number of hydrogen-bond acceptors (Lipinski definition) is 5. The molecule has 2 rings (SSSR count). The predicted molar refractivity (Wildman–Crippen MR) is 76.6 cm³/mol. The highest BCUT2D eigenvalue weighted by atomic mass is 32.2. The molecule has 1 heterocycles. The quantitative estimate of drug-likeness (QED) is 0.785. The minimum Gasteiger partial charge on any atom is -0.369 e. The molecule has 0 aliphatic heterocycles. The molecule has 0 spiro atoms. The van der Waals surface area contributed by atoms with Gasteiger partial charge < -0.3 is 5.32 Å². The third-order valence-corrected chi connectivity index (χ3v) is 4.71. The maximum absolute atomic E-state index is 11.8. The van der Waals surface area contributed by atoms with Gasteiger partial charge >= 0.3 is 0 Å². The zero-order valence-electron chi connectivity index (χ0n) is 11.2. The van der Waals surface area contributed by atoms with Gasteiger partial charge in [-0.05, 0) is 30.9 Å². The van der Waals surface area contributed by atoms with Gasteiger partial charge in [-0.3, -0.25) is 0 Å². The summed E-state index contributed by atoms with van der Waals surface area (Å²) in [6.07, 6.45) is 3.44. The Kier molecular flexibility index (Phi) is 4.93. The molecule has 0 amide bonds. The van der Waals surface area contributed by atoms with Crippen molar-refractivity contribution in [3.05, 3.63) is 23.9 Å². The number of nitrogens with one attached hydrogen (secondary N) is 2. The molecule has 1 aliphatic rings. The highest BCUT2D eigenvalue weighted by molar-refractivity contribution is 7.89. The van der Waals surface area contributed by atoms with Gasteiger partial charge in [0, 0.05) is 13.1 Å². The third kappa shape index (κ3) is 4.47. The lowest BCUT2D eigenvalue weighted by atomic mass is 9.86. The number of pyridine rings is 1. The smallest absolute Gasteiger partial charge is 0.213 e. The summed E-state index contributed by atoms with van der Waals surface area (Å²) < 4.78 is 26.2. The standard InChI is InChI=1S/C13H18N4O2S/c14-9-12-5-2-6-13(17-12)15-7-8-20(18,19)16-10-11-3-1-4-11/h2,5-6,11,16H,1,3-4,7-8,10H2,(H,15,17). The predicted octanol–water partition coefficient (Wildman–Crippen LogP) is 1.08. The molecule has 108 valence electrons. The van der Waals surface area contributed by atoms with E-state index in [0.717, 1.165) is 12.8 Å². The van der Waals surface area contributed by atoms with E-state index in [0.29, 0.717) is 24.0 Å². The molecule has 0 aromatic carbocycles. The minimum atomic E-state index is -3.24. The summed E-state index contributed by atoms with van der Waals surface area (Å²) in [4.78, 5) is 4.02. The van der Waals surface area contributed by atoms with Crippen LogP contribution in [-0.4, -0.2) is 32.2 Å². The van der Waals surface area contributed by atoms with Crippen LogP contribution in [0.2, 0.25) is 0 Å². The van der Waals surface area contributed by atoms with E-state index in [9.17, 15) is 8.42 Å². The Labute approximate surface area is 119 Å². The zero-order valence-corrected chi connectivity index (χ0v) is 12.0. The molecule has 1 aromatic rings. The number of sulfonamides is 1. The number of rotatable bonds is 7. The van der Waals surface area contributed by atoms with Crippen molar-refractivity contribution < 1.29 is 8.42 Å². The third-order valence-electron chi connectivity index (χ3n) is 3.36. The van der Waals surface area contributed by atoms with Crippen molar-refractivity contribution in [2.45, 2.75) is 19.3 Å². The highest BCUT2D eigenvalue weighted by Gasteiger charge is 2.19. The summed E-state index contributed by atoms with van der Waals surface area (Å²) in [6.45, 7) is 0.812. The van der Waals surface area contributed by atoms with Crippen LogP contribution < -0.4 is 10.0 Å². The molecular weight excluding hydrogens is 276 g/mol. The average molecular weight is 294 g/mol. The summed E-state index contributed by atoms with van der Waals surface area (Å²) >= 11 is 0. The van der Waals surface area contributed by atoms with Crippen molar-refractivity contribution in [1.29, 1.82) is 5.26 Å². The van der Waals surface area contributed by atoms with Gasteiger partial charge in [-0.25, -0.2) is 18.1 Å². The Bertz CT molecular complexity index is 591. The zero-order chi connectivity index (χ0) is 14.4. The van der Waals surface area contributed by atoms with E-state index in [-0.39, 0.29) is 12.3 Å². The van der Waals surface area contributed by atoms with Crippen molar-refractivity contribution >= 4 is 15.8 Å². The Morgan fingerprint density at radius 3 is 2.85 bits per heavy atom. The summed E-state index contributed by atoms with van der Waals surface area (Å²) in [5, 5.41) is 11.6. The second-order valence-corrected chi connectivity index (χ2v) is 6.84. The van der Waals surface area contributed by atoms with Gasteiger partial charge in [0.25, 0.3) is 0 Å². The first-order valence-corrected chi connectivity index (χ1v) is 8.33. The summed E-state index contributed by atoms with van der Waals surface area (Å²) in [5.74, 6) is 1.02. The van der Waals surface area contributed by atoms with Crippen LogP contribution in [0, 0.1) is 17.2 Å². The van der Waals surface area contributed by atoms with Gasteiger partial charge in [0.2, 0.25) is 10.0 Å². The van der Waals surface area contributed by atoms with Crippen molar-refractivity contribution in [2.75, 3.05) is 24.2 Å². The van der Waals surface area contributed by atoms with Crippen LogP contribution in [0.15, 0.2) is 18.2 Å². The number of nitrogens with zero attached hydrogens (tertiary/aromatic N) is 2. The van der Waals surface area contributed by atoms with Crippen LogP contribution in [0.5, 0.6) is 0 Å². The van der Waals surface area contributed by atoms with Crippen molar-refractivity contribution in [2.24, 2.45) is 5.92 Å². The fourth-order valence-corrected chi connectivity index (χ4v) is 2.93. The second kappa shape index (κ2) is 6.68. The van der Waals surface area contributed by atoms with Crippen LogP contribution in [0.3, 0.4) is 0 Å². The molecular formula is C13H18N4O2S. The maximum atomic E-state index is 11.8. The Morgan fingerprint density at radius 2 is 2.20 bits per heavy atom. The molecule has 0 unspecified atom stereocenters. The maximum Gasteiger partial charge on any atom is 0.213 e. The van der Waals surface area contributed by atoms with Gasteiger partial charge in [0.05, 0.1) is 5.75 Å². The normalized spacial score (nSPS) is 15.3. The number of aromatic nitrogens is 1. The van der Waals surface area contributed by atoms with Gasteiger partial charge in [0.15, 0.2) is 0 Å². The molecule has 6 nitrogen and oxygen atoms in total. The first-order valence-electron chi connectivity index (χ1n) is 6.67. The molecule has 1 aliphatic carbocycles. The van der Waals surface area contributed by atoms with E-state index < -0.39 is 10.0 Å². The van der Waals surface area contributed by atoms with Gasteiger partial charge in [-0.2, -0.15) is 5.26 Å². The molecule has 20 heavy (non-hydrogen) atoms. The number of anilines is 1. The molecule has 7 heteroatoms. The van der Waals surface area contributed by atoms with E-state index in [1.807, 2.05) is 6.07 Å². The monoisotopic (exact) mass is 294 g/mol. The molecule has 2 N–H and O–H groups in total. The first kappa shape index (κ1) is 14.8. The fraction of sp³-hybridized carbons (Fsp3) is 0.538. The fourth-order valence-electron chi connectivity index (χ4n) is 1.92. The largest absolute Gasteiger partial charge is 0.369 e. The minimum absolute atomic E-state index is 0.00180. The van der Waals surface area contributed by atoms with Gasteiger partial charge in [-0.1, -0.05) is 12.5 Å². The lowest BCUT2D eigenvalue weighted by molar-refractivity contribution is 0.316. The van der Waals surface area contributed by atoms with Crippen molar-refractivity contribution in [1.82, 2.24) is 9.71 Å². The topological polar surface area (TPSA) is 94.9 Å². The Morgan fingerprint density at radius 1 is 1.40 bits per heavy atom. The Balaban J connectivity index is 1.74. The molecule has 1 aromatic heterocycles. The molecule has 1 fully saturated rings. The van der Waals surface area contributed by atoms with Crippen molar-refractivity contribution in [3.63, 3.8) is 0 Å². The van der Waals surface area contributed by atoms with Crippen LogP contribution in [-0.2, 0) is 10.0 Å². The summed E-state index contributed by atoms with van der Waals surface area (Å²) in [6, 6.07) is 6.95. The SMILES string of the molecule is N#Cc1cccc(NCCS(=O)(=O)NCC2CCC2)n1. The van der Waals surface area contributed by atoms with Crippen molar-refractivity contribution in [3.8, 4) is 6.07 Å². The molecule has 1 saturated carbocycles. The molecule has 0 saturated heterocycles. The molecule has 0 atom stereocenters. The van der Waals surface area contributed by atoms with Crippen LogP contribution in [0.25, 0.3) is 0 Å². The van der Waals surface area contributed by atoms with Crippen LogP contribution in [0.4, 0.5) is 5.82 Å². The summed E-state index contributed by atoms with van der Waals surface area (Å²) in [7, 11) is -3.24. The van der Waals surface area contributed by atoms with Gasteiger partial charge in [-0.15, -0.1) is 0 Å². The lowest BCUT2D eigenvalue weighted by Crippen LogP contribution is -2.35. The van der Waals surface area contributed by atoms with E-state index in [2.05, 4.69) is 15.0 Å². The van der Waals surface area contributed by atoms with Crippen LogP contribution in [0.1, 0.15) is 25.0 Å². The average Bonchev–Trinajstić information content (AvgIpc) is 2.37. The number of hydrogen-bond donors (Lipinski definition) is 2. The summed E-state index contributed by atoms with van der Waals surface area (Å²) in [5.41, 5.74) is 0.306. The first-order chi connectivity index (χ1) is 9.59. The van der Waals surface area contributed by atoms with E-state index in [1.54, 1.807) is 18.2 Å². The Hall–Kier alpha value is -1.65. The van der Waals surface area contributed by atoms with E-state index in [1.165, 1.54) is 6.42 Å². The van der Waals surface area contributed by atoms with E-state index in [4.69, 9.17) is 5.26 Å². The lowest BCUT2D eigenvalue weighted by Gasteiger charge is -2.25. The highest BCUT2D eigenvalue weighted by Crippen LogP contribution is 2.25. The molecule has 0 radical (unpaired) electrons. The van der Waals surface area contributed by atoms with Crippen LogP contribution >= 0.6 is 0 Å². The van der Waals surface area contributed by atoms with Gasteiger partial charge in [0.1, 0.15) is 17.6 Å². The second-order valence-electron chi connectivity index (χ2n) is 4.91. The number of nitriles is 1. The molecule has 0 bridgehead atoms.